The lowest BCUT2D eigenvalue weighted by Crippen LogP contribution is -2.41. The molecule has 0 fully saturated rings. The van der Waals surface area contributed by atoms with Crippen LogP contribution in [-0.2, 0) is 0 Å². The minimum atomic E-state index is -0.262. The van der Waals surface area contributed by atoms with Crippen molar-refractivity contribution in [1.29, 1.82) is 5.26 Å². The average Bonchev–Trinajstić information content (AvgIpc) is 3.12. The van der Waals surface area contributed by atoms with Gasteiger partial charge in [-0.25, -0.2) is 4.98 Å². The Hall–Kier alpha value is -3.96. The normalized spacial score (nSPS) is 11.4. The average molecular weight is 414 g/mol. The molecule has 8 heteroatoms. The molecule has 7 nitrogen and oxygen atoms in total. The van der Waals surface area contributed by atoms with Crippen LogP contribution in [0.15, 0.2) is 53.3 Å². The molecule has 0 aliphatic carbocycles. The maximum Gasteiger partial charge on any atom is 0.265 e. The molecule has 2 aromatic carbocycles. The molecule has 0 aliphatic rings. The van der Waals surface area contributed by atoms with Crippen LogP contribution in [0.5, 0.6) is 0 Å². The van der Waals surface area contributed by atoms with Crippen LogP contribution in [0, 0.1) is 25.2 Å². The highest BCUT2D eigenvalue weighted by molar-refractivity contribution is 7.80. The first-order valence-corrected chi connectivity index (χ1v) is 9.63. The summed E-state index contributed by atoms with van der Waals surface area (Å²) in [5, 5.41) is 13.4. The van der Waals surface area contributed by atoms with Crippen molar-refractivity contribution in [3.8, 4) is 6.07 Å². The van der Waals surface area contributed by atoms with Crippen molar-refractivity contribution in [2.24, 2.45) is 0 Å². The molecule has 0 radical (unpaired) electrons. The standard InChI is InChI=1S/C22H18N6OS/c1-13-7-9-15(10-8-13)25-22(30)27-24-12-17-14(2)16(11-23)20-26-18-5-3-4-6-19(18)28(20)21(17)29/h3-10,12,24H,1-2H3,(H2,25,27,30). The van der Waals surface area contributed by atoms with Crippen molar-refractivity contribution in [3.05, 3.63) is 80.8 Å². The fraction of sp³-hybridized carbons (Fsp3) is 0.0909. The second kappa shape index (κ2) is 7.81. The summed E-state index contributed by atoms with van der Waals surface area (Å²) in [5.74, 6) is 0. The smallest absolute Gasteiger partial charge is 0.265 e. The topological polar surface area (TPSA) is 94.2 Å². The Bertz CT molecular complexity index is 1430. The summed E-state index contributed by atoms with van der Waals surface area (Å²) in [4.78, 5) is 17.6. The lowest BCUT2D eigenvalue weighted by molar-refractivity contribution is 0.867. The SMILES string of the molecule is Cc1ccc(NC(=S)NNC=c2c(C)c(C#N)c3nc4ccccc4n3c2=O)cc1. The summed E-state index contributed by atoms with van der Waals surface area (Å²) in [7, 11) is 0. The molecule has 3 N–H and O–H groups in total. The molecular formula is C22H18N6OS. The van der Waals surface area contributed by atoms with Gasteiger partial charge in [0.2, 0.25) is 0 Å². The minimum absolute atomic E-state index is 0.262. The number of fused-ring (bicyclic) bond motifs is 3. The third-order valence-corrected chi connectivity index (χ3v) is 5.02. The van der Waals surface area contributed by atoms with Crippen LogP contribution in [0.3, 0.4) is 0 Å². The van der Waals surface area contributed by atoms with E-state index in [0.29, 0.717) is 38.1 Å². The van der Waals surface area contributed by atoms with Crippen LogP contribution < -0.4 is 26.9 Å². The minimum Gasteiger partial charge on any atom is -0.331 e. The first-order chi connectivity index (χ1) is 14.5. The van der Waals surface area contributed by atoms with E-state index in [-0.39, 0.29) is 5.56 Å². The van der Waals surface area contributed by atoms with E-state index in [1.54, 1.807) is 6.92 Å². The Balaban J connectivity index is 1.68. The molecule has 30 heavy (non-hydrogen) atoms. The van der Waals surface area contributed by atoms with E-state index in [4.69, 9.17) is 12.2 Å². The van der Waals surface area contributed by atoms with Gasteiger partial charge in [-0.3, -0.25) is 14.6 Å². The number of nitriles is 1. The Kier molecular flexibility index (Phi) is 5.04. The van der Waals surface area contributed by atoms with Gasteiger partial charge in [-0.05, 0) is 55.9 Å². The van der Waals surface area contributed by atoms with Gasteiger partial charge in [0.25, 0.3) is 5.56 Å². The number of hydrogen-bond donors (Lipinski definition) is 3. The first-order valence-electron chi connectivity index (χ1n) is 9.23. The number of hydrogen-bond acceptors (Lipinski definition) is 5. The fourth-order valence-electron chi connectivity index (χ4n) is 3.26. The molecule has 0 amide bonds. The molecule has 0 bridgehead atoms. The van der Waals surface area contributed by atoms with Crippen LogP contribution in [0.2, 0.25) is 0 Å². The van der Waals surface area contributed by atoms with Crippen molar-refractivity contribution in [1.82, 2.24) is 20.2 Å². The number of nitrogens with zero attached hydrogens (tertiary/aromatic N) is 3. The Labute approximate surface area is 177 Å². The molecule has 2 heterocycles. The van der Waals surface area contributed by atoms with Gasteiger partial charge >= 0.3 is 0 Å². The molecule has 0 saturated carbocycles. The highest BCUT2D eigenvalue weighted by Gasteiger charge is 2.15. The number of aromatic nitrogens is 2. The van der Waals surface area contributed by atoms with E-state index in [9.17, 15) is 10.1 Å². The molecular weight excluding hydrogens is 396 g/mol. The number of aryl methyl sites for hydroxylation is 1. The van der Waals surface area contributed by atoms with Crippen LogP contribution in [-0.4, -0.2) is 14.5 Å². The van der Waals surface area contributed by atoms with Crippen molar-refractivity contribution < 1.29 is 0 Å². The second-order valence-electron chi connectivity index (χ2n) is 6.82. The van der Waals surface area contributed by atoms with Gasteiger partial charge in [0, 0.05) is 11.9 Å². The second-order valence-corrected chi connectivity index (χ2v) is 7.23. The highest BCUT2D eigenvalue weighted by Crippen LogP contribution is 2.17. The molecule has 0 spiro atoms. The van der Waals surface area contributed by atoms with E-state index in [1.165, 1.54) is 10.6 Å². The van der Waals surface area contributed by atoms with Crippen molar-refractivity contribution in [2.45, 2.75) is 13.8 Å². The van der Waals surface area contributed by atoms with Gasteiger partial charge in [-0.1, -0.05) is 29.8 Å². The van der Waals surface area contributed by atoms with Gasteiger partial charge in [0.15, 0.2) is 10.8 Å². The van der Waals surface area contributed by atoms with Gasteiger partial charge < -0.3 is 10.7 Å². The largest absolute Gasteiger partial charge is 0.331 e. The summed E-state index contributed by atoms with van der Waals surface area (Å²) < 4.78 is 1.47. The first kappa shape index (κ1) is 19.4. The molecule has 0 atom stereocenters. The van der Waals surface area contributed by atoms with Gasteiger partial charge in [0.05, 0.1) is 21.8 Å². The van der Waals surface area contributed by atoms with E-state index in [2.05, 4.69) is 27.2 Å². The van der Waals surface area contributed by atoms with Crippen LogP contribution in [0.1, 0.15) is 16.7 Å². The molecule has 0 unspecified atom stereocenters. The van der Waals surface area contributed by atoms with Crippen LogP contribution in [0.25, 0.3) is 22.9 Å². The van der Waals surface area contributed by atoms with Crippen LogP contribution >= 0.6 is 12.2 Å². The number of thiocarbonyl (C=S) groups is 1. The number of anilines is 1. The summed E-state index contributed by atoms with van der Waals surface area (Å²) in [6.07, 6.45) is 1.51. The van der Waals surface area contributed by atoms with Gasteiger partial charge in [0.1, 0.15) is 6.07 Å². The Morgan fingerprint density at radius 1 is 1.17 bits per heavy atom. The third-order valence-electron chi connectivity index (χ3n) is 4.82. The monoisotopic (exact) mass is 414 g/mol. The summed E-state index contributed by atoms with van der Waals surface area (Å²) in [6, 6.07) is 17.3. The molecule has 0 saturated heterocycles. The number of para-hydroxylation sites is 2. The zero-order valence-electron chi connectivity index (χ0n) is 16.4. The van der Waals surface area contributed by atoms with E-state index in [1.807, 2.05) is 55.5 Å². The van der Waals surface area contributed by atoms with E-state index in [0.717, 1.165) is 11.3 Å². The number of hydrazine groups is 1. The summed E-state index contributed by atoms with van der Waals surface area (Å²) >= 11 is 5.27. The quantitative estimate of drug-likeness (QED) is 0.350. The number of nitrogens with one attached hydrogen (secondary N) is 3. The summed E-state index contributed by atoms with van der Waals surface area (Å²) in [6.45, 7) is 3.74. The number of imidazole rings is 1. The molecule has 4 aromatic rings. The zero-order chi connectivity index (χ0) is 21.3. The number of benzene rings is 2. The molecule has 4 rings (SSSR count). The van der Waals surface area contributed by atoms with Crippen molar-refractivity contribution in [2.75, 3.05) is 5.32 Å². The van der Waals surface area contributed by atoms with E-state index >= 15 is 0 Å². The maximum atomic E-state index is 13.2. The lowest BCUT2D eigenvalue weighted by Gasteiger charge is -2.10. The Morgan fingerprint density at radius 3 is 2.63 bits per heavy atom. The van der Waals surface area contributed by atoms with Gasteiger partial charge in [-0.15, -0.1) is 0 Å². The van der Waals surface area contributed by atoms with Crippen molar-refractivity contribution >= 4 is 45.9 Å². The summed E-state index contributed by atoms with van der Waals surface area (Å²) in [5.41, 5.74) is 10.0. The van der Waals surface area contributed by atoms with Gasteiger partial charge in [-0.2, -0.15) is 5.26 Å². The number of rotatable bonds is 3. The predicted octanol–water partition coefficient (Wildman–Crippen LogP) is 2.28. The fourth-order valence-corrected chi connectivity index (χ4v) is 3.44. The van der Waals surface area contributed by atoms with Crippen molar-refractivity contribution in [3.63, 3.8) is 0 Å². The lowest BCUT2D eigenvalue weighted by atomic mass is 10.1. The Morgan fingerprint density at radius 2 is 1.90 bits per heavy atom. The zero-order valence-corrected chi connectivity index (χ0v) is 17.2. The van der Waals surface area contributed by atoms with Crippen LogP contribution in [0.4, 0.5) is 5.69 Å². The maximum absolute atomic E-state index is 13.2. The predicted molar refractivity (Wildman–Crippen MR) is 122 cm³/mol. The molecule has 0 aliphatic heterocycles. The molecule has 148 valence electrons. The molecule has 2 aromatic heterocycles. The number of pyridine rings is 1. The van der Waals surface area contributed by atoms with E-state index < -0.39 is 0 Å². The highest BCUT2D eigenvalue weighted by atomic mass is 32.1. The third kappa shape index (κ3) is 3.43.